The predicted octanol–water partition coefficient (Wildman–Crippen LogP) is -0.739. The van der Waals surface area contributed by atoms with Crippen molar-refractivity contribution in [2.75, 3.05) is 6.54 Å². The maximum atomic E-state index is 11.6. The molecule has 16 heavy (non-hydrogen) atoms. The highest BCUT2D eigenvalue weighted by atomic mass is 16.4. The molecule has 0 saturated carbocycles. The zero-order valence-electron chi connectivity index (χ0n) is 8.41. The average Bonchev–Trinajstić information content (AvgIpc) is 2.72. The van der Waals surface area contributed by atoms with E-state index in [9.17, 15) is 9.59 Å². The summed E-state index contributed by atoms with van der Waals surface area (Å²) in [5.41, 5.74) is 0. The standard InChI is InChI=1S/C9H10N4O3/c14-8(1-2-9(15)16)12-3-4-13-6-10-11-7(13)5-12/h1-2,6H,3-5H2,(H,15,16). The first-order valence-electron chi connectivity index (χ1n) is 4.73. The highest BCUT2D eigenvalue weighted by Crippen LogP contribution is 2.09. The molecule has 0 aromatic carbocycles. The minimum absolute atomic E-state index is 0.323. The number of hydrogen-bond acceptors (Lipinski definition) is 4. The van der Waals surface area contributed by atoms with E-state index >= 15 is 0 Å². The molecule has 0 aliphatic carbocycles. The van der Waals surface area contributed by atoms with Crippen molar-refractivity contribution in [1.29, 1.82) is 0 Å². The number of rotatable bonds is 2. The van der Waals surface area contributed by atoms with Gasteiger partial charge in [0, 0.05) is 25.2 Å². The third kappa shape index (κ3) is 2.08. The summed E-state index contributed by atoms with van der Waals surface area (Å²) in [6.45, 7) is 1.53. The fourth-order valence-electron chi connectivity index (χ4n) is 1.50. The molecule has 0 spiro atoms. The van der Waals surface area contributed by atoms with Crippen molar-refractivity contribution in [3.05, 3.63) is 24.3 Å². The molecule has 1 aliphatic heterocycles. The van der Waals surface area contributed by atoms with E-state index in [0.717, 1.165) is 12.2 Å². The van der Waals surface area contributed by atoms with Crippen molar-refractivity contribution in [2.45, 2.75) is 13.1 Å². The summed E-state index contributed by atoms with van der Waals surface area (Å²) in [6.07, 6.45) is 3.50. The van der Waals surface area contributed by atoms with E-state index in [1.54, 1.807) is 6.33 Å². The first kappa shape index (κ1) is 10.3. The van der Waals surface area contributed by atoms with E-state index in [-0.39, 0.29) is 5.91 Å². The van der Waals surface area contributed by atoms with Gasteiger partial charge in [-0.2, -0.15) is 0 Å². The average molecular weight is 222 g/mol. The highest BCUT2D eigenvalue weighted by molar-refractivity contribution is 5.93. The molecule has 2 rings (SSSR count). The van der Waals surface area contributed by atoms with Crippen LogP contribution in [0, 0.1) is 0 Å². The van der Waals surface area contributed by atoms with Crippen LogP contribution >= 0.6 is 0 Å². The Morgan fingerprint density at radius 2 is 2.19 bits per heavy atom. The number of nitrogens with zero attached hydrogens (tertiary/aromatic N) is 4. The van der Waals surface area contributed by atoms with Gasteiger partial charge >= 0.3 is 5.97 Å². The van der Waals surface area contributed by atoms with Crippen LogP contribution in [-0.4, -0.2) is 43.2 Å². The second-order valence-corrected chi connectivity index (χ2v) is 3.37. The molecule has 0 atom stereocenters. The largest absolute Gasteiger partial charge is 0.478 e. The minimum atomic E-state index is -1.13. The Kier molecular flexibility index (Phi) is 2.67. The Hall–Kier alpha value is -2.18. The molecular weight excluding hydrogens is 212 g/mol. The smallest absolute Gasteiger partial charge is 0.328 e. The third-order valence-corrected chi connectivity index (χ3v) is 2.32. The van der Waals surface area contributed by atoms with E-state index in [0.29, 0.717) is 25.5 Å². The van der Waals surface area contributed by atoms with E-state index in [1.807, 2.05) is 4.57 Å². The maximum Gasteiger partial charge on any atom is 0.328 e. The van der Waals surface area contributed by atoms with E-state index in [4.69, 9.17) is 5.11 Å². The Bertz CT molecular complexity index is 451. The highest BCUT2D eigenvalue weighted by Gasteiger charge is 2.20. The number of amides is 1. The summed E-state index contributed by atoms with van der Waals surface area (Å²) in [6, 6.07) is 0. The zero-order valence-corrected chi connectivity index (χ0v) is 8.41. The topological polar surface area (TPSA) is 88.3 Å². The fourth-order valence-corrected chi connectivity index (χ4v) is 1.50. The summed E-state index contributed by atoms with van der Waals surface area (Å²) in [5.74, 6) is -0.742. The van der Waals surface area contributed by atoms with Crippen LogP contribution in [0.3, 0.4) is 0 Å². The van der Waals surface area contributed by atoms with Crippen LogP contribution in [0.1, 0.15) is 5.82 Å². The number of hydrogen-bond donors (Lipinski definition) is 1. The van der Waals surface area contributed by atoms with Crippen molar-refractivity contribution in [3.63, 3.8) is 0 Å². The van der Waals surface area contributed by atoms with Crippen LogP contribution < -0.4 is 0 Å². The Labute approximate surface area is 91.0 Å². The van der Waals surface area contributed by atoms with Crippen molar-refractivity contribution in [2.24, 2.45) is 0 Å². The van der Waals surface area contributed by atoms with Gasteiger partial charge in [-0.05, 0) is 0 Å². The van der Waals surface area contributed by atoms with Crippen molar-refractivity contribution in [1.82, 2.24) is 19.7 Å². The van der Waals surface area contributed by atoms with Gasteiger partial charge in [-0.15, -0.1) is 10.2 Å². The summed E-state index contributed by atoms with van der Waals surface area (Å²) >= 11 is 0. The van der Waals surface area contributed by atoms with Crippen LogP contribution in [0.15, 0.2) is 18.5 Å². The van der Waals surface area contributed by atoms with E-state index < -0.39 is 5.97 Å². The van der Waals surface area contributed by atoms with Crippen molar-refractivity contribution < 1.29 is 14.7 Å². The molecule has 0 unspecified atom stereocenters. The molecule has 0 fully saturated rings. The van der Waals surface area contributed by atoms with Crippen LogP contribution in [0.5, 0.6) is 0 Å². The molecule has 1 aromatic rings. The molecule has 1 aliphatic rings. The fraction of sp³-hybridized carbons (Fsp3) is 0.333. The lowest BCUT2D eigenvalue weighted by molar-refractivity contribution is -0.132. The Balaban J connectivity index is 2.03. The lowest BCUT2D eigenvalue weighted by Crippen LogP contribution is -2.37. The number of carbonyl (C=O) groups is 2. The molecule has 1 amide bonds. The lowest BCUT2D eigenvalue weighted by Gasteiger charge is -2.25. The molecule has 1 aromatic heterocycles. The number of aromatic nitrogens is 3. The van der Waals surface area contributed by atoms with Crippen LogP contribution in [0.4, 0.5) is 0 Å². The van der Waals surface area contributed by atoms with E-state index in [1.165, 1.54) is 4.90 Å². The first-order valence-corrected chi connectivity index (χ1v) is 4.73. The predicted molar refractivity (Wildman–Crippen MR) is 52.2 cm³/mol. The number of carboxylic acid groups (broad SMARTS) is 1. The van der Waals surface area contributed by atoms with Gasteiger partial charge < -0.3 is 14.6 Å². The summed E-state index contributed by atoms with van der Waals surface area (Å²) in [4.78, 5) is 23.3. The Morgan fingerprint density at radius 3 is 2.94 bits per heavy atom. The number of fused-ring (bicyclic) bond motifs is 1. The Morgan fingerprint density at radius 1 is 1.38 bits per heavy atom. The second-order valence-electron chi connectivity index (χ2n) is 3.37. The molecule has 7 heteroatoms. The molecule has 84 valence electrons. The first-order chi connectivity index (χ1) is 7.66. The van der Waals surface area contributed by atoms with Gasteiger partial charge in [0.05, 0.1) is 6.54 Å². The van der Waals surface area contributed by atoms with Gasteiger partial charge in [-0.1, -0.05) is 0 Å². The second kappa shape index (κ2) is 4.13. The summed E-state index contributed by atoms with van der Waals surface area (Å²) < 4.78 is 1.87. The van der Waals surface area contributed by atoms with Gasteiger partial charge in [0.15, 0.2) is 5.82 Å². The van der Waals surface area contributed by atoms with Crippen molar-refractivity contribution >= 4 is 11.9 Å². The monoisotopic (exact) mass is 222 g/mol. The molecule has 0 bridgehead atoms. The number of carboxylic acids is 1. The molecule has 7 nitrogen and oxygen atoms in total. The number of carbonyl (C=O) groups excluding carboxylic acids is 1. The van der Waals surface area contributed by atoms with Gasteiger partial charge in [0.2, 0.25) is 5.91 Å². The normalized spacial score (nSPS) is 15.1. The third-order valence-electron chi connectivity index (χ3n) is 2.32. The molecule has 0 saturated heterocycles. The summed E-state index contributed by atoms with van der Waals surface area (Å²) in [7, 11) is 0. The molecular formula is C9H10N4O3. The van der Waals surface area contributed by atoms with Gasteiger partial charge in [-0.25, -0.2) is 4.79 Å². The zero-order chi connectivity index (χ0) is 11.5. The van der Waals surface area contributed by atoms with E-state index in [2.05, 4.69) is 10.2 Å². The number of aliphatic carboxylic acids is 1. The summed E-state index contributed by atoms with van der Waals surface area (Å²) in [5, 5.41) is 16.0. The quantitative estimate of drug-likeness (QED) is 0.666. The van der Waals surface area contributed by atoms with Crippen LogP contribution in [0.2, 0.25) is 0 Å². The van der Waals surface area contributed by atoms with Crippen LogP contribution in [-0.2, 0) is 22.7 Å². The minimum Gasteiger partial charge on any atom is -0.478 e. The SMILES string of the molecule is O=C(O)C=CC(=O)N1CCn2cnnc2C1. The van der Waals surface area contributed by atoms with Crippen LogP contribution in [0.25, 0.3) is 0 Å². The van der Waals surface area contributed by atoms with Gasteiger partial charge in [-0.3, -0.25) is 4.79 Å². The molecule has 2 heterocycles. The maximum absolute atomic E-state index is 11.6. The van der Waals surface area contributed by atoms with Crippen molar-refractivity contribution in [3.8, 4) is 0 Å². The molecule has 0 radical (unpaired) electrons. The lowest BCUT2D eigenvalue weighted by atomic mass is 10.3. The molecule has 1 N–H and O–H groups in total. The van der Waals surface area contributed by atoms with Gasteiger partial charge in [0.25, 0.3) is 0 Å². The van der Waals surface area contributed by atoms with Gasteiger partial charge in [0.1, 0.15) is 6.33 Å².